The lowest BCUT2D eigenvalue weighted by Gasteiger charge is -2.01. The van der Waals surface area contributed by atoms with E-state index in [4.69, 9.17) is 4.42 Å². The third-order valence-corrected chi connectivity index (χ3v) is 4.64. The van der Waals surface area contributed by atoms with Gasteiger partial charge in [-0.25, -0.2) is 5.43 Å². The summed E-state index contributed by atoms with van der Waals surface area (Å²) in [6.07, 6.45) is 1.48. The Labute approximate surface area is 146 Å². The summed E-state index contributed by atoms with van der Waals surface area (Å²) in [5, 5.41) is 5.76. The van der Waals surface area contributed by atoms with Crippen LogP contribution in [-0.2, 0) is 0 Å². The van der Waals surface area contributed by atoms with Crippen LogP contribution in [0.25, 0.3) is 11.3 Å². The Balaban J connectivity index is 1.70. The Morgan fingerprint density at radius 3 is 2.91 bits per heavy atom. The zero-order valence-corrected chi connectivity index (χ0v) is 14.6. The van der Waals surface area contributed by atoms with E-state index in [2.05, 4.69) is 26.5 Å². The average molecular weight is 389 g/mol. The molecule has 116 valence electrons. The number of benzene rings is 1. The van der Waals surface area contributed by atoms with Crippen molar-refractivity contribution in [2.75, 3.05) is 0 Å². The number of hydrogen-bond acceptors (Lipinski definition) is 4. The van der Waals surface area contributed by atoms with Crippen LogP contribution in [0.3, 0.4) is 0 Å². The molecule has 6 heteroatoms. The molecule has 23 heavy (non-hydrogen) atoms. The number of amides is 1. The fourth-order valence-electron chi connectivity index (χ4n) is 2.00. The van der Waals surface area contributed by atoms with Crippen LogP contribution in [0.15, 0.2) is 61.8 Å². The van der Waals surface area contributed by atoms with Gasteiger partial charge >= 0.3 is 0 Å². The maximum absolute atomic E-state index is 11.7. The van der Waals surface area contributed by atoms with E-state index in [0.29, 0.717) is 10.6 Å². The molecule has 0 saturated carbocycles. The lowest BCUT2D eigenvalue weighted by molar-refractivity contribution is 0.0959. The van der Waals surface area contributed by atoms with Crippen molar-refractivity contribution >= 4 is 39.4 Å². The highest BCUT2D eigenvalue weighted by molar-refractivity contribution is 9.10. The van der Waals surface area contributed by atoms with Crippen LogP contribution in [-0.4, -0.2) is 12.1 Å². The number of furan rings is 1. The Bertz CT molecular complexity index is 853. The van der Waals surface area contributed by atoms with Crippen LogP contribution in [0.4, 0.5) is 0 Å². The summed E-state index contributed by atoms with van der Waals surface area (Å²) in [4.78, 5) is 12.4. The van der Waals surface area contributed by atoms with Crippen LogP contribution in [0, 0.1) is 6.92 Å². The highest BCUT2D eigenvalue weighted by atomic mass is 79.9. The second-order valence-electron chi connectivity index (χ2n) is 4.86. The van der Waals surface area contributed by atoms with Crippen LogP contribution < -0.4 is 5.43 Å². The van der Waals surface area contributed by atoms with Crippen LogP contribution >= 0.6 is 27.3 Å². The predicted octanol–water partition coefficient (Wildman–Crippen LogP) is 4.84. The number of hydrazone groups is 1. The quantitative estimate of drug-likeness (QED) is 0.513. The number of rotatable bonds is 4. The fraction of sp³-hybridized carbons (Fsp3) is 0.0588. The van der Waals surface area contributed by atoms with Gasteiger partial charge in [0.05, 0.1) is 11.1 Å². The van der Waals surface area contributed by atoms with Crippen molar-refractivity contribution in [2.45, 2.75) is 6.92 Å². The summed E-state index contributed by atoms with van der Waals surface area (Å²) in [6, 6.07) is 13.3. The van der Waals surface area contributed by atoms with Crippen molar-refractivity contribution in [3.63, 3.8) is 0 Å². The molecule has 2 heterocycles. The molecule has 3 aromatic rings. The number of thiophene rings is 1. The molecule has 0 spiro atoms. The van der Waals surface area contributed by atoms with Crippen molar-refractivity contribution in [1.82, 2.24) is 5.43 Å². The Hall–Kier alpha value is -2.18. The largest absolute Gasteiger partial charge is 0.455 e. The molecule has 0 fully saturated rings. The zero-order chi connectivity index (χ0) is 16.2. The number of nitrogens with zero attached hydrogens (tertiary/aromatic N) is 1. The van der Waals surface area contributed by atoms with Gasteiger partial charge in [0, 0.05) is 10.0 Å². The van der Waals surface area contributed by atoms with Gasteiger partial charge in [-0.15, -0.1) is 11.3 Å². The first-order valence-electron chi connectivity index (χ1n) is 6.87. The first-order valence-corrected chi connectivity index (χ1v) is 8.54. The minimum absolute atomic E-state index is 0.232. The standard InChI is InChI=1S/C17H13BrN2O2S/c1-11-4-6-13(14(18)9-11)15-7-5-12(22-15)10-19-20-17(21)16-3-2-8-23-16/h2-10H,1H3,(H,20,21)/b19-10+. The predicted molar refractivity (Wildman–Crippen MR) is 96.0 cm³/mol. The summed E-state index contributed by atoms with van der Waals surface area (Å²) in [7, 11) is 0. The van der Waals surface area contributed by atoms with E-state index in [9.17, 15) is 4.79 Å². The Morgan fingerprint density at radius 2 is 2.17 bits per heavy atom. The van der Waals surface area contributed by atoms with E-state index >= 15 is 0 Å². The molecule has 1 amide bonds. The summed E-state index contributed by atoms with van der Waals surface area (Å²) in [5.74, 6) is 1.08. The molecule has 0 atom stereocenters. The molecule has 0 unspecified atom stereocenters. The third-order valence-electron chi connectivity index (χ3n) is 3.12. The maximum Gasteiger partial charge on any atom is 0.281 e. The molecule has 0 radical (unpaired) electrons. The monoisotopic (exact) mass is 388 g/mol. The van der Waals surface area contributed by atoms with Crippen molar-refractivity contribution in [3.05, 3.63) is 68.5 Å². The molecule has 0 saturated heterocycles. The maximum atomic E-state index is 11.7. The fourth-order valence-corrected chi connectivity index (χ4v) is 3.31. The molecule has 0 aliphatic heterocycles. The summed E-state index contributed by atoms with van der Waals surface area (Å²) >= 11 is 4.90. The van der Waals surface area contributed by atoms with Gasteiger partial charge in [-0.3, -0.25) is 4.79 Å². The van der Waals surface area contributed by atoms with E-state index in [1.54, 1.807) is 6.07 Å². The second kappa shape index (κ2) is 6.93. The lowest BCUT2D eigenvalue weighted by Crippen LogP contribution is -2.15. The van der Waals surface area contributed by atoms with Crippen molar-refractivity contribution in [2.24, 2.45) is 5.10 Å². The normalized spacial score (nSPS) is 11.0. The molecule has 1 aromatic carbocycles. The highest BCUT2D eigenvalue weighted by Crippen LogP contribution is 2.30. The van der Waals surface area contributed by atoms with E-state index in [-0.39, 0.29) is 5.91 Å². The topological polar surface area (TPSA) is 54.6 Å². The molecule has 4 nitrogen and oxygen atoms in total. The van der Waals surface area contributed by atoms with Gasteiger partial charge in [-0.1, -0.05) is 28.1 Å². The van der Waals surface area contributed by atoms with Crippen LogP contribution in [0.1, 0.15) is 21.0 Å². The third kappa shape index (κ3) is 3.78. The molecule has 1 N–H and O–H groups in total. The van der Waals surface area contributed by atoms with Gasteiger partial charge < -0.3 is 4.42 Å². The SMILES string of the molecule is Cc1ccc(-c2ccc(/C=N/NC(=O)c3cccs3)o2)c(Br)c1. The van der Waals surface area contributed by atoms with E-state index < -0.39 is 0 Å². The lowest BCUT2D eigenvalue weighted by atomic mass is 10.1. The summed E-state index contributed by atoms with van der Waals surface area (Å²) < 4.78 is 6.71. The second-order valence-corrected chi connectivity index (χ2v) is 6.66. The zero-order valence-electron chi connectivity index (χ0n) is 12.2. The molecule has 3 rings (SSSR count). The van der Waals surface area contributed by atoms with Crippen LogP contribution in [0.5, 0.6) is 0 Å². The van der Waals surface area contributed by atoms with Gasteiger partial charge in [0.15, 0.2) is 0 Å². The van der Waals surface area contributed by atoms with Gasteiger partial charge in [0.2, 0.25) is 0 Å². The van der Waals surface area contributed by atoms with Gasteiger partial charge in [0.1, 0.15) is 11.5 Å². The van der Waals surface area contributed by atoms with Gasteiger partial charge in [0.25, 0.3) is 5.91 Å². The molecule has 0 aliphatic rings. The number of hydrogen-bond donors (Lipinski definition) is 1. The van der Waals surface area contributed by atoms with E-state index in [1.807, 2.05) is 48.7 Å². The molecule has 2 aromatic heterocycles. The summed E-state index contributed by atoms with van der Waals surface area (Å²) in [5.41, 5.74) is 4.61. The molecule has 0 bridgehead atoms. The van der Waals surface area contributed by atoms with Crippen LogP contribution in [0.2, 0.25) is 0 Å². The highest BCUT2D eigenvalue weighted by Gasteiger charge is 2.08. The number of halogens is 1. The molecular weight excluding hydrogens is 376 g/mol. The number of carbonyl (C=O) groups is 1. The van der Waals surface area contributed by atoms with E-state index in [1.165, 1.54) is 23.1 Å². The summed E-state index contributed by atoms with van der Waals surface area (Å²) in [6.45, 7) is 2.03. The van der Waals surface area contributed by atoms with Crippen molar-refractivity contribution in [3.8, 4) is 11.3 Å². The van der Waals surface area contributed by atoms with Gasteiger partial charge in [-0.05, 0) is 48.2 Å². The first-order chi connectivity index (χ1) is 11.1. The number of carbonyl (C=O) groups excluding carboxylic acids is 1. The van der Waals surface area contributed by atoms with Gasteiger partial charge in [-0.2, -0.15) is 5.10 Å². The Morgan fingerprint density at radius 1 is 1.30 bits per heavy atom. The van der Waals surface area contributed by atoms with Crippen molar-refractivity contribution in [1.29, 1.82) is 0 Å². The molecular formula is C17H13BrN2O2S. The smallest absolute Gasteiger partial charge is 0.281 e. The minimum atomic E-state index is -0.232. The van der Waals surface area contributed by atoms with E-state index in [0.717, 1.165) is 15.8 Å². The van der Waals surface area contributed by atoms with Crippen molar-refractivity contribution < 1.29 is 9.21 Å². The molecule has 0 aliphatic carbocycles. The minimum Gasteiger partial charge on any atom is -0.455 e. The first kappa shape index (κ1) is 15.7. The number of aryl methyl sites for hydroxylation is 1. The number of nitrogens with one attached hydrogen (secondary N) is 1. The Kier molecular flexibility index (Phi) is 4.73. The average Bonchev–Trinajstić information content (AvgIpc) is 3.18.